The van der Waals surface area contributed by atoms with Gasteiger partial charge in [0.25, 0.3) is 5.56 Å². The van der Waals surface area contributed by atoms with Crippen LogP contribution in [-0.2, 0) is 29.1 Å². The number of benzene rings is 2. The molecule has 174 valence electrons. The zero-order chi connectivity index (χ0) is 23.8. The average molecular weight is 469 g/mol. The van der Waals surface area contributed by atoms with Crippen LogP contribution in [0.15, 0.2) is 65.5 Å². The Morgan fingerprint density at radius 2 is 1.70 bits per heavy atom. The maximum atomic E-state index is 13.2. The predicted octanol–water partition coefficient (Wildman–Crippen LogP) is 3.53. The lowest BCUT2D eigenvalue weighted by Crippen LogP contribution is -2.38. The van der Waals surface area contributed by atoms with E-state index in [4.69, 9.17) is 16.3 Å². The summed E-state index contributed by atoms with van der Waals surface area (Å²) in [7, 11) is 3.94. The van der Waals surface area contributed by atoms with Gasteiger partial charge in [-0.3, -0.25) is 14.2 Å². The lowest BCUT2D eigenvalue weighted by Gasteiger charge is -2.23. The van der Waals surface area contributed by atoms with Crippen LogP contribution in [0.5, 0.6) is 0 Å². The molecule has 1 N–H and O–H groups in total. The zero-order valence-corrected chi connectivity index (χ0v) is 19.9. The summed E-state index contributed by atoms with van der Waals surface area (Å²) >= 11 is 6.32. The molecular weight excluding hydrogens is 440 g/mol. The molecular formula is C25H29ClN4O3. The van der Waals surface area contributed by atoms with Crippen molar-refractivity contribution < 1.29 is 9.53 Å². The maximum Gasteiger partial charge on any atom is 0.326 e. The van der Waals surface area contributed by atoms with Crippen LogP contribution >= 0.6 is 11.6 Å². The Bertz CT molecular complexity index is 1120. The van der Waals surface area contributed by atoms with Crippen molar-refractivity contribution in [2.45, 2.75) is 32.5 Å². The molecule has 3 rings (SSSR count). The first-order valence-corrected chi connectivity index (χ1v) is 11.1. The van der Waals surface area contributed by atoms with Crippen molar-refractivity contribution in [2.24, 2.45) is 0 Å². The minimum atomic E-state index is -0.522. The standard InChI is InChI=1S/C25H29ClN4O3/c1-18-23(26)28-24(27-21(15-29(2)3)14-19-10-6-4-7-11-19)25(32)30(18)16-22(31)33-17-20-12-8-5-9-13-20/h4-13,21H,14-17H2,1-3H3,(H,27,28)/t21-/m0/s1. The summed E-state index contributed by atoms with van der Waals surface area (Å²) in [6.45, 7) is 2.23. The molecule has 0 saturated heterocycles. The molecule has 0 saturated carbocycles. The van der Waals surface area contributed by atoms with E-state index in [0.29, 0.717) is 18.7 Å². The maximum absolute atomic E-state index is 13.2. The van der Waals surface area contributed by atoms with E-state index in [1.54, 1.807) is 6.92 Å². The second-order valence-corrected chi connectivity index (χ2v) is 8.53. The van der Waals surface area contributed by atoms with E-state index in [1.165, 1.54) is 4.57 Å². The lowest BCUT2D eigenvalue weighted by atomic mass is 10.1. The molecule has 1 atom stereocenters. The first-order chi connectivity index (χ1) is 15.8. The Hall–Kier alpha value is -3.16. The van der Waals surface area contributed by atoms with Crippen molar-refractivity contribution in [3.63, 3.8) is 0 Å². The number of hydrogen-bond donors (Lipinski definition) is 1. The van der Waals surface area contributed by atoms with Crippen molar-refractivity contribution in [1.29, 1.82) is 0 Å². The van der Waals surface area contributed by atoms with E-state index in [2.05, 4.69) is 10.3 Å². The first-order valence-electron chi connectivity index (χ1n) is 10.7. The number of nitrogens with one attached hydrogen (secondary N) is 1. The second-order valence-electron chi connectivity index (χ2n) is 8.17. The lowest BCUT2D eigenvalue weighted by molar-refractivity contribution is -0.145. The third kappa shape index (κ3) is 7.17. The summed E-state index contributed by atoms with van der Waals surface area (Å²) < 4.78 is 6.65. The van der Waals surface area contributed by atoms with Crippen LogP contribution < -0.4 is 10.9 Å². The smallest absolute Gasteiger partial charge is 0.326 e. The van der Waals surface area contributed by atoms with E-state index < -0.39 is 11.5 Å². The SMILES string of the molecule is Cc1c(Cl)nc(N[C@@H](Cc2ccccc2)CN(C)C)c(=O)n1CC(=O)OCc1ccccc1. The van der Waals surface area contributed by atoms with Crippen LogP contribution in [0, 0.1) is 6.92 Å². The van der Waals surface area contributed by atoms with Gasteiger partial charge < -0.3 is 15.0 Å². The molecule has 0 bridgehead atoms. The fourth-order valence-electron chi connectivity index (χ4n) is 3.51. The number of carbonyl (C=O) groups excluding carboxylic acids is 1. The molecule has 0 aliphatic heterocycles. The molecule has 3 aromatic rings. The third-order valence-electron chi connectivity index (χ3n) is 5.14. The van der Waals surface area contributed by atoms with E-state index in [9.17, 15) is 9.59 Å². The molecule has 0 aliphatic carbocycles. The van der Waals surface area contributed by atoms with Gasteiger partial charge in [0, 0.05) is 12.6 Å². The van der Waals surface area contributed by atoms with E-state index in [0.717, 1.165) is 11.1 Å². The van der Waals surface area contributed by atoms with Crippen LogP contribution in [0.2, 0.25) is 5.15 Å². The molecule has 0 radical (unpaired) electrons. The van der Waals surface area contributed by atoms with Gasteiger partial charge >= 0.3 is 5.97 Å². The minimum Gasteiger partial charge on any atom is -0.459 e. The van der Waals surface area contributed by atoms with Crippen LogP contribution in [0.3, 0.4) is 0 Å². The summed E-state index contributed by atoms with van der Waals surface area (Å²) in [5.74, 6) is -0.407. The Labute approximate surface area is 199 Å². The van der Waals surface area contributed by atoms with Crippen molar-refractivity contribution in [3.8, 4) is 0 Å². The average Bonchev–Trinajstić information content (AvgIpc) is 2.80. The molecule has 0 aliphatic rings. The van der Waals surface area contributed by atoms with E-state index in [-0.39, 0.29) is 30.2 Å². The van der Waals surface area contributed by atoms with Crippen LogP contribution in [0.25, 0.3) is 0 Å². The highest BCUT2D eigenvalue weighted by molar-refractivity contribution is 6.30. The number of nitrogens with zero attached hydrogens (tertiary/aromatic N) is 3. The van der Waals surface area contributed by atoms with Crippen LogP contribution in [-0.4, -0.2) is 47.1 Å². The summed E-state index contributed by atoms with van der Waals surface area (Å²) in [6.07, 6.45) is 0.699. The Balaban J connectivity index is 1.78. The van der Waals surface area contributed by atoms with E-state index >= 15 is 0 Å². The highest BCUT2D eigenvalue weighted by Crippen LogP contribution is 2.15. The normalized spacial score (nSPS) is 11.9. The zero-order valence-electron chi connectivity index (χ0n) is 19.1. The number of halogens is 1. The van der Waals surface area contributed by atoms with Gasteiger partial charge in [0.05, 0.1) is 5.69 Å². The third-order valence-corrected chi connectivity index (χ3v) is 5.50. The molecule has 0 amide bonds. The number of aromatic nitrogens is 2. The molecule has 8 heteroatoms. The van der Waals surface area contributed by atoms with Gasteiger partial charge in [-0.2, -0.15) is 0 Å². The molecule has 33 heavy (non-hydrogen) atoms. The summed E-state index contributed by atoms with van der Waals surface area (Å²) in [5, 5.41) is 3.41. The van der Waals surface area contributed by atoms with Gasteiger partial charge in [-0.1, -0.05) is 72.3 Å². The molecule has 2 aromatic carbocycles. The van der Waals surface area contributed by atoms with Gasteiger partial charge in [-0.15, -0.1) is 0 Å². The van der Waals surface area contributed by atoms with Crippen molar-refractivity contribution in [1.82, 2.24) is 14.5 Å². The Kier molecular flexibility index (Phi) is 8.63. The molecule has 1 heterocycles. The van der Waals surface area contributed by atoms with Gasteiger partial charge in [0.1, 0.15) is 13.2 Å². The molecule has 7 nitrogen and oxygen atoms in total. The number of hydrogen-bond acceptors (Lipinski definition) is 6. The first kappa shape index (κ1) is 24.5. The number of anilines is 1. The number of likely N-dealkylation sites (N-methyl/N-ethyl adjacent to an activating group) is 1. The molecule has 0 unspecified atom stereocenters. The van der Waals surface area contributed by atoms with Gasteiger partial charge in [0.15, 0.2) is 11.0 Å². The quantitative estimate of drug-likeness (QED) is 0.459. The van der Waals surface area contributed by atoms with Crippen LogP contribution in [0.4, 0.5) is 5.82 Å². The minimum absolute atomic E-state index is 0.0835. The van der Waals surface area contributed by atoms with Crippen molar-refractivity contribution in [3.05, 3.63) is 93.0 Å². The number of rotatable bonds is 10. The number of ether oxygens (including phenoxy) is 1. The monoisotopic (exact) mass is 468 g/mol. The highest BCUT2D eigenvalue weighted by Gasteiger charge is 2.19. The van der Waals surface area contributed by atoms with Gasteiger partial charge in [-0.25, -0.2) is 4.98 Å². The number of carbonyl (C=O) groups is 1. The fourth-order valence-corrected chi connectivity index (χ4v) is 3.70. The van der Waals surface area contributed by atoms with Gasteiger partial charge in [0.2, 0.25) is 0 Å². The van der Waals surface area contributed by atoms with E-state index in [1.807, 2.05) is 79.7 Å². The second kappa shape index (κ2) is 11.6. The Morgan fingerprint density at radius 1 is 1.09 bits per heavy atom. The fraction of sp³-hybridized carbons (Fsp3) is 0.320. The predicted molar refractivity (Wildman–Crippen MR) is 131 cm³/mol. The molecule has 0 spiro atoms. The topological polar surface area (TPSA) is 76.5 Å². The van der Waals surface area contributed by atoms with Gasteiger partial charge in [-0.05, 0) is 38.6 Å². The molecule has 1 aromatic heterocycles. The van der Waals surface area contributed by atoms with Crippen LogP contribution in [0.1, 0.15) is 16.8 Å². The summed E-state index contributed by atoms with van der Waals surface area (Å²) in [5.41, 5.74) is 2.01. The largest absolute Gasteiger partial charge is 0.459 e. The summed E-state index contributed by atoms with van der Waals surface area (Å²) in [4.78, 5) is 31.9. The molecule has 0 fully saturated rings. The van der Waals surface area contributed by atoms with Crippen molar-refractivity contribution >= 4 is 23.4 Å². The van der Waals surface area contributed by atoms with Crippen molar-refractivity contribution in [2.75, 3.05) is 26.0 Å². The Morgan fingerprint density at radius 3 is 2.30 bits per heavy atom. The number of esters is 1. The highest BCUT2D eigenvalue weighted by atomic mass is 35.5. The summed E-state index contributed by atoms with van der Waals surface area (Å²) in [6, 6.07) is 19.3.